The molecule has 120 heavy (non-hydrogen) atoms. The minimum atomic E-state index is 0.229. The SMILES string of the molecule is [2H]c1cc2c3ccccc3n(-c3cc(-c4ccccc4)cc(-c4ccccc4)c3)c2c2c3ccccc3n(-c3nc(-n4c5ccccc5c5c4c([2H])cc4c6ccccc6n(-c6cc(-c7ccccc7)cc(-c7ccccc7)c6)c45)nc(-n4c5ccccc5c5c4c([2H])cc4c6ccccc6n(-c6cc(-c7ccccc7)cc(-c7ccccc7)c6)c45)n3)c12. The van der Waals surface area contributed by atoms with Gasteiger partial charge in [-0.1, -0.05) is 309 Å². The van der Waals surface area contributed by atoms with Gasteiger partial charge in [-0.2, -0.15) is 15.0 Å². The zero-order valence-corrected chi connectivity index (χ0v) is 64.6. The van der Waals surface area contributed by atoms with E-state index < -0.39 is 0 Å². The second-order valence-electron chi connectivity index (χ2n) is 31.2. The van der Waals surface area contributed by atoms with Crippen molar-refractivity contribution in [2.45, 2.75) is 0 Å². The fourth-order valence-corrected chi connectivity index (χ4v) is 19.3. The number of fused-ring (bicyclic) bond motifs is 21. The van der Waals surface area contributed by atoms with Crippen LogP contribution in [-0.2, 0) is 0 Å². The smallest absolute Gasteiger partial charge is 0.241 e. The largest absolute Gasteiger partial charge is 0.308 e. The van der Waals surface area contributed by atoms with E-state index in [-0.39, 0.29) is 36.0 Å². The lowest BCUT2D eigenvalue weighted by Crippen LogP contribution is -2.13. The minimum absolute atomic E-state index is 0.229. The first kappa shape index (κ1) is 64.1. The van der Waals surface area contributed by atoms with E-state index in [1.54, 1.807) is 0 Å². The first-order valence-electron chi connectivity index (χ1n) is 42.2. The average molecular weight is 1530 g/mol. The molecule has 0 saturated carbocycles. The predicted octanol–water partition coefficient (Wildman–Crippen LogP) is 28.5. The Kier molecular flexibility index (Phi) is 14.2. The van der Waals surface area contributed by atoms with Crippen molar-refractivity contribution in [3.8, 4) is 102 Å². The van der Waals surface area contributed by atoms with Crippen LogP contribution in [0.2, 0.25) is 0 Å². The summed E-state index contributed by atoms with van der Waals surface area (Å²) < 4.78 is 45.9. The number of hydrogen-bond acceptors (Lipinski definition) is 3. The molecule has 0 fully saturated rings. The number of benzene rings is 18. The van der Waals surface area contributed by atoms with Crippen LogP contribution in [0.3, 0.4) is 0 Å². The highest BCUT2D eigenvalue weighted by Crippen LogP contribution is 2.49. The Morgan fingerprint density at radius 2 is 0.350 bits per heavy atom. The molecular formula is C111H69N9. The molecule has 0 amide bonds. The molecule has 0 atom stereocenters. The lowest BCUT2D eigenvalue weighted by Gasteiger charge is -2.15. The summed E-state index contributed by atoms with van der Waals surface area (Å²) in [5.41, 5.74) is 25.6. The number of aromatic nitrogens is 9. The summed E-state index contributed by atoms with van der Waals surface area (Å²) in [6.45, 7) is 0. The van der Waals surface area contributed by atoms with Gasteiger partial charge in [0, 0.05) is 81.7 Å². The second kappa shape index (κ2) is 26.7. The molecule has 0 spiro atoms. The van der Waals surface area contributed by atoms with E-state index >= 15 is 0 Å². The van der Waals surface area contributed by atoms with Crippen molar-refractivity contribution in [2.24, 2.45) is 0 Å². The average Bonchev–Trinajstić information content (AvgIpc) is 1.53. The van der Waals surface area contributed by atoms with E-state index in [9.17, 15) is 4.11 Å². The molecule has 0 saturated heterocycles. The first-order valence-corrected chi connectivity index (χ1v) is 40.7. The van der Waals surface area contributed by atoms with Gasteiger partial charge in [0.25, 0.3) is 0 Å². The highest BCUT2D eigenvalue weighted by atomic mass is 15.3. The summed E-state index contributed by atoms with van der Waals surface area (Å²) in [7, 11) is 0. The topological polar surface area (TPSA) is 68.2 Å². The van der Waals surface area contributed by atoms with Crippen LogP contribution in [0, 0.1) is 0 Å². The fraction of sp³-hybridized carbons (Fsp3) is 0. The van der Waals surface area contributed by atoms with Crippen LogP contribution < -0.4 is 0 Å². The normalized spacial score (nSPS) is 12.3. The third kappa shape index (κ3) is 10.3. The van der Waals surface area contributed by atoms with Crippen LogP contribution in [0.5, 0.6) is 0 Å². The van der Waals surface area contributed by atoms with Gasteiger partial charge in [-0.15, -0.1) is 0 Å². The summed E-state index contributed by atoms with van der Waals surface area (Å²) in [6, 6.07) is 142. The van der Waals surface area contributed by atoms with E-state index in [1.807, 2.05) is 18.2 Å². The molecule has 18 aromatic carbocycles. The van der Waals surface area contributed by atoms with Crippen molar-refractivity contribution in [3.63, 3.8) is 0 Å². The number of rotatable bonds is 12. The Balaban J connectivity index is 0.817. The van der Waals surface area contributed by atoms with Crippen molar-refractivity contribution in [1.29, 1.82) is 0 Å². The van der Waals surface area contributed by atoms with Crippen molar-refractivity contribution in [3.05, 3.63) is 419 Å². The molecule has 0 aliphatic rings. The molecule has 25 aromatic rings. The molecule has 7 aromatic heterocycles. The van der Waals surface area contributed by atoms with Gasteiger partial charge in [0.1, 0.15) is 0 Å². The molecule has 0 aliphatic heterocycles. The molecule has 9 nitrogen and oxygen atoms in total. The Morgan fingerprint density at radius 3 is 0.575 bits per heavy atom. The van der Waals surface area contributed by atoms with E-state index in [1.165, 1.54) is 0 Å². The molecule has 558 valence electrons. The fourth-order valence-electron chi connectivity index (χ4n) is 19.3. The van der Waals surface area contributed by atoms with Crippen molar-refractivity contribution in [2.75, 3.05) is 0 Å². The second-order valence-corrected chi connectivity index (χ2v) is 31.2. The number of para-hydroxylation sites is 6. The highest BCUT2D eigenvalue weighted by molar-refractivity contribution is 6.29. The van der Waals surface area contributed by atoms with Crippen LogP contribution >= 0.6 is 0 Å². The van der Waals surface area contributed by atoms with Crippen LogP contribution in [0.4, 0.5) is 0 Å². The van der Waals surface area contributed by atoms with Crippen LogP contribution in [-0.4, -0.2) is 42.4 Å². The summed E-state index contributed by atoms with van der Waals surface area (Å²) in [4.78, 5) is 17.8. The third-order valence-corrected chi connectivity index (χ3v) is 24.5. The maximum absolute atomic E-state index is 10.8. The molecule has 25 rings (SSSR count). The summed E-state index contributed by atoms with van der Waals surface area (Å²) in [5.74, 6) is 0.686. The Morgan fingerprint density at radius 1 is 0.158 bits per heavy atom. The summed E-state index contributed by atoms with van der Waals surface area (Å²) in [5, 5.41) is 11.0. The number of nitrogens with zero attached hydrogens (tertiary/aromatic N) is 9. The van der Waals surface area contributed by atoms with Crippen molar-refractivity contribution in [1.82, 2.24) is 42.4 Å². The molecular weight excluding hydrogens is 1460 g/mol. The number of hydrogen-bond donors (Lipinski definition) is 0. The molecule has 0 N–H and O–H groups in total. The van der Waals surface area contributed by atoms with E-state index in [0.717, 1.165) is 198 Å². The Hall–Kier alpha value is -16.2. The molecule has 0 radical (unpaired) electrons. The predicted molar refractivity (Wildman–Crippen MR) is 498 cm³/mol. The molecule has 7 heterocycles. The van der Waals surface area contributed by atoms with Crippen molar-refractivity contribution >= 4 is 131 Å². The standard InChI is InChI=1S/C111H69N9/c1-7-31-70(32-8-1)76-61-77(71-33-9-2-10-34-71)65-82(64-76)115-94-49-25-19-43-85(94)88-55-58-100-103(106(88)115)91-46-22-28-52-97(91)118(100)109-112-110(119-98-53-29-23-47-92(98)104-101(119)59-56-89-86-44-20-26-50-95(86)116(107(89)104)83-66-78(72-35-11-3-12-36-72)62-79(67-83)73-37-13-4-14-38-73)114-111(113-109)120-99-54-30-24-48-93(99)105-102(120)60-57-90-87-45-21-27-51-96(87)117(108(90)105)84-68-80(74-39-15-5-16-40-74)63-81(69-84)75-41-17-6-18-42-75/h1-69H/i58D,59D,60D. The lowest BCUT2D eigenvalue weighted by atomic mass is 9.98. The first-order chi connectivity index (χ1) is 60.8. The van der Waals surface area contributed by atoms with E-state index in [4.69, 9.17) is 15.0 Å². The zero-order valence-electron chi connectivity index (χ0n) is 67.6. The van der Waals surface area contributed by atoms with Crippen LogP contribution in [0.15, 0.2) is 419 Å². The third-order valence-electron chi connectivity index (χ3n) is 24.5. The Labute approximate surface area is 693 Å². The van der Waals surface area contributed by atoms with Gasteiger partial charge < -0.3 is 13.7 Å². The quantitative estimate of drug-likeness (QED) is 0.122. The maximum Gasteiger partial charge on any atom is 0.241 e. The van der Waals surface area contributed by atoms with Crippen LogP contribution in [0.1, 0.15) is 4.11 Å². The maximum atomic E-state index is 10.8. The summed E-state index contributed by atoms with van der Waals surface area (Å²) >= 11 is 0. The van der Waals surface area contributed by atoms with E-state index in [0.29, 0.717) is 16.6 Å². The zero-order chi connectivity index (χ0) is 81.2. The highest BCUT2D eigenvalue weighted by Gasteiger charge is 2.30. The Bertz CT molecular complexity index is 7710. The van der Waals surface area contributed by atoms with Gasteiger partial charge in [-0.3, -0.25) is 13.7 Å². The van der Waals surface area contributed by atoms with Gasteiger partial charge in [0.15, 0.2) is 0 Å². The molecule has 0 aliphatic carbocycles. The van der Waals surface area contributed by atoms with Gasteiger partial charge in [-0.05, 0) is 176 Å². The molecule has 0 unspecified atom stereocenters. The minimum Gasteiger partial charge on any atom is -0.308 e. The van der Waals surface area contributed by atoms with Crippen molar-refractivity contribution < 1.29 is 4.11 Å². The molecule has 0 bridgehead atoms. The van der Waals surface area contributed by atoms with Crippen LogP contribution in [0.25, 0.3) is 233 Å². The summed E-state index contributed by atoms with van der Waals surface area (Å²) in [6.07, 6.45) is 0. The monoisotopic (exact) mass is 1530 g/mol. The lowest BCUT2D eigenvalue weighted by molar-refractivity contribution is 0.848. The van der Waals surface area contributed by atoms with Gasteiger partial charge in [0.2, 0.25) is 17.8 Å². The van der Waals surface area contributed by atoms with Gasteiger partial charge >= 0.3 is 0 Å². The molecule has 9 heteroatoms. The van der Waals surface area contributed by atoms with Gasteiger partial charge in [0.05, 0.1) is 70.3 Å². The van der Waals surface area contributed by atoms with E-state index in [2.05, 4.69) is 410 Å². The van der Waals surface area contributed by atoms with Gasteiger partial charge in [-0.25, -0.2) is 0 Å².